The van der Waals surface area contributed by atoms with E-state index in [1.165, 1.54) is 0 Å². The Morgan fingerprint density at radius 1 is 1.44 bits per heavy atom. The Morgan fingerprint density at radius 2 is 2.19 bits per heavy atom. The first-order chi connectivity index (χ1) is 7.79. The smallest absolute Gasteiger partial charge is 0.251 e. The van der Waals surface area contributed by atoms with E-state index in [0.29, 0.717) is 13.1 Å². The molecule has 3 N–H and O–H groups in total. The zero-order chi connectivity index (χ0) is 11.8. The summed E-state index contributed by atoms with van der Waals surface area (Å²) in [5, 5.41) is 2.90. The molecular weight excluding hydrogens is 220 g/mol. The lowest BCUT2D eigenvalue weighted by molar-refractivity contribution is 0.0955. The number of hydrogen-bond acceptors (Lipinski definition) is 3. The number of carbonyl (C=O) groups is 1. The molecule has 0 fully saturated rings. The van der Waals surface area contributed by atoms with E-state index in [4.69, 9.17) is 5.73 Å². The molecule has 0 atom stereocenters. The monoisotopic (exact) mass is 238 g/mol. The summed E-state index contributed by atoms with van der Waals surface area (Å²) in [5.41, 5.74) is 7.28. The third kappa shape index (κ3) is 3.87. The highest BCUT2D eigenvalue weighted by Gasteiger charge is 2.08. The van der Waals surface area contributed by atoms with Crippen molar-refractivity contribution in [1.29, 1.82) is 0 Å². The fraction of sp³-hybridized carbons (Fsp3) is 0.417. The topological polar surface area (TPSA) is 55.1 Å². The minimum atomic E-state index is -0.00176. The van der Waals surface area contributed by atoms with Crippen LogP contribution in [0.15, 0.2) is 24.3 Å². The molecule has 0 radical (unpaired) electrons. The fourth-order valence-electron chi connectivity index (χ4n) is 1.48. The quantitative estimate of drug-likeness (QED) is 0.734. The van der Waals surface area contributed by atoms with Crippen molar-refractivity contribution in [2.75, 3.05) is 25.1 Å². The van der Waals surface area contributed by atoms with Gasteiger partial charge < -0.3 is 11.1 Å². The van der Waals surface area contributed by atoms with Crippen molar-refractivity contribution in [1.82, 2.24) is 5.32 Å². The minimum absolute atomic E-state index is 0.00176. The summed E-state index contributed by atoms with van der Waals surface area (Å²) >= 11 is 1.72. The van der Waals surface area contributed by atoms with Crippen molar-refractivity contribution < 1.29 is 4.79 Å². The second-order valence-electron chi connectivity index (χ2n) is 3.44. The number of nitrogens with two attached hydrogens (primary N) is 1. The van der Waals surface area contributed by atoms with E-state index in [1.807, 2.05) is 30.5 Å². The molecule has 0 bridgehead atoms. The van der Waals surface area contributed by atoms with Gasteiger partial charge in [-0.3, -0.25) is 4.79 Å². The van der Waals surface area contributed by atoms with Crippen LogP contribution in [-0.4, -0.2) is 31.0 Å². The predicted octanol–water partition coefficient (Wildman–Crippen LogP) is 1.28. The van der Waals surface area contributed by atoms with Gasteiger partial charge in [-0.05, 0) is 30.9 Å². The SMILES string of the molecule is CSCCNC(=O)c1ccccc1CCN. The Hall–Kier alpha value is -1.00. The second-order valence-corrected chi connectivity index (χ2v) is 4.43. The third-order valence-electron chi connectivity index (χ3n) is 2.27. The third-order valence-corrected chi connectivity index (χ3v) is 2.88. The van der Waals surface area contributed by atoms with Gasteiger partial charge in [0, 0.05) is 17.9 Å². The van der Waals surface area contributed by atoms with Gasteiger partial charge in [-0.15, -0.1) is 0 Å². The molecule has 0 unspecified atom stereocenters. The Balaban J connectivity index is 2.66. The van der Waals surface area contributed by atoms with Crippen molar-refractivity contribution in [3.63, 3.8) is 0 Å². The molecular formula is C12H18N2OS. The maximum atomic E-state index is 11.9. The first-order valence-electron chi connectivity index (χ1n) is 5.34. The van der Waals surface area contributed by atoms with Crippen LogP contribution in [0.1, 0.15) is 15.9 Å². The van der Waals surface area contributed by atoms with E-state index >= 15 is 0 Å². The average Bonchev–Trinajstić information content (AvgIpc) is 2.30. The Bertz CT molecular complexity index is 342. The Kier molecular flexibility index (Phi) is 5.96. The van der Waals surface area contributed by atoms with Gasteiger partial charge in [-0.2, -0.15) is 11.8 Å². The fourth-order valence-corrected chi connectivity index (χ4v) is 1.78. The molecule has 4 heteroatoms. The van der Waals surface area contributed by atoms with Gasteiger partial charge in [0.1, 0.15) is 0 Å². The van der Waals surface area contributed by atoms with Crippen LogP contribution in [0.3, 0.4) is 0 Å². The average molecular weight is 238 g/mol. The van der Waals surface area contributed by atoms with Crippen molar-refractivity contribution >= 4 is 17.7 Å². The normalized spacial score (nSPS) is 10.1. The molecule has 0 aromatic heterocycles. The van der Waals surface area contributed by atoms with Crippen LogP contribution in [-0.2, 0) is 6.42 Å². The molecule has 0 saturated heterocycles. The molecule has 1 amide bonds. The van der Waals surface area contributed by atoms with Gasteiger partial charge in [-0.25, -0.2) is 0 Å². The summed E-state index contributed by atoms with van der Waals surface area (Å²) in [6.07, 6.45) is 2.76. The zero-order valence-electron chi connectivity index (χ0n) is 9.53. The number of hydrogen-bond donors (Lipinski definition) is 2. The largest absolute Gasteiger partial charge is 0.351 e. The van der Waals surface area contributed by atoms with Gasteiger partial charge in [0.2, 0.25) is 0 Å². The van der Waals surface area contributed by atoms with E-state index in [0.717, 1.165) is 23.3 Å². The molecule has 0 aliphatic heterocycles. The van der Waals surface area contributed by atoms with Crippen LogP contribution in [0.4, 0.5) is 0 Å². The lowest BCUT2D eigenvalue weighted by Gasteiger charge is -2.08. The summed E-state index contributed by atoms with van der Waals surface area (Å²) in [5.74, 6) is 0.934. The van der Waals surface area contributed by atoms with E-state index in [-0.39, 0.29) is 5.91 Å². The maximum absolute atomic E-state index is 11.9. The predicted molar refractivity (Wildman–Crippen MR) is 69.9 cm³/mol. The van der Waals surface area contributed by atoms with Crippen molar-refractivity contribution in [2.24, 2.45) is 5.73 Å². The highest BCUT2D eigenvalue weighted by molar-refractivity contribution is 7.98. The van der Waals surface area contributed by atoms with Gasteiger partial charge in [0.05, 0.1) is 0 Å². The lowest BCUT2D eigenvalue weighted by atomic mass is 10.0. The van der Waals surface area contributed by atoms with Crippen molar-refractivity contribution in [3.05, 3.63) is 35.4 Å². The van der Waals surface area contributed by atoms with E-state index < -0.39 is 0 Å². The first kappa shape index (κ1) is 13.1. The number of amides is 1. The standard InChI is InChI=1S/C12H18N2OS/c1-16-9-8-14-12(15)11-5-3-2-4-10(11)6-7-13/h2-5H,6-9,13H2,1H3,(H,14,15). The van der Waals surface area contributed by atoms with Crippen molar-refractivity contribution in [2.45, 2.75) is 6.42 Å². The molecule has 3 nitrogen and oxygen atoms in total. The second kappa shape index (κ2) is 7.30. The minimum Gasteiger partial charge on any atom is -0.351 e. The van der Waals surface area contributed by atoms with Gasteiger partial charge in [-0.1, -0.05) is 18.2 Å². The van der Waals surface area contributed by atoms with Crippen LogP contribution < -0.4 is 11.1 Å². The van der Waals surface area contributed by atoms with Crippen LogP contribution in [0, 0.1) is 0 Å². The van der Waals surface area contributed by atoms with E-state index in [9.17, 15) is 4.79 Å². The molecule has 0 heterocycles. The number of thioether (sulfide) groups is 1. The summed E-state index contributed by atoms with van der Waals surface area (Å²) in [6, 6.07) is 7.61. The highest BCUT2D eigenvalue weighted by Crippen LogP contribution is 2.08. The Labute approximate surface area is 101 Å². The summed E-state index contributed by atoms with van der Waals surface area (Å²) < 4.78 is 0. The molecule has 0 saturated carbocycles. The number of benzene rings is 1. The number of carbonyl (C=O) groups excluding carboxylic acids is 1. The lowest BCUT2D eigenvalue weighted by Crippen LogP contribution is -2.27. The maximum Gasteiger partial charge on any atom is 0.251 e. The van der Waals surface area contributed by atoms with E-state index in [1.54, 1.807) is 11.8 Å². The van der Waals surface area contributed by atoms with Crippen LogP contribution in [0.5, 0.6) is 0 Å². The van der Waals surface area contributed by atoms with Crippen molar-refractivity contribution in [3.8, 4) is 0 Å². The van der Waals surface area contributed by atoms with Gasteiger partial charge in [0.25, 0.3) is 5.91 Å². The van der Waals surface area contributed by atoms with Crippen LogP contribution >= 0.6 is 11.8 Å². The number of nitrogens with one attached hydrogen (secondary N) is 1. The van der Waals surface area contributed by atoms with Crippen LogP contribution in [0.2, 0.25) is 0 Å². The molecule has 1 aromatic rings. The highest BCUT2D eigenvalue weighted by atomic mass is 32.2. The molecule has 0 spiro atoms. The first-order valence-corrected chi connectivity index (χ1v) is 6.74. The van der Waals surface area contributed by atoms with Crippen LogP contribution in [0.25, 0.3) is 0 Å². The summed E-state index contributed by atoms with van der Waals surface area (Å²) in [4.78, 5) is 11.9. The van der Waals surface area contributed by atoms with Gasteiger partial charge in [0.15, 0.2) is 0 Å². The molecule has 88 valence electrons. The molecule has 0 aliphatic carbocycles. The summed E-state index contributed by atoms with van der Waals surface area (Å²) in [7, 11) is 0. The number of rotatable bonds is 6. The zero-order valence-corrected chi connectivity index (χ0v) is 10.3. The molecule has 16 heavy (non-hydrogen) atoms. The summed E-state index contributed by atoms with van der Waals surface area (Å²) in [6.45, 7) is 1.27. The van der Waals surface area contributed by atoms with E-state index in [2.05, 4.69) is 5.32 Å². The Morgan fingerprint density at radius 3 is 2.88 bits per heavy atom. The molecule has 1 rings (SSSR count). The molecule has 0 aliphatic rings. The molecule has 1 aromatic carbocycles. The van der Waals surface area contributed by atoms with Gasteiger partial charge >= 0.3 is 0 Å².